The Morgan fingerprint density at radius 2 is 1.38 bits per heavy atom. The quantitative estimate of drug-likeness (QED) is 0.0669. The molecule has 1 aromatic heterocycles. The number of nitrogens with one attached hydrogen (secondary N) is 1. The van der Waals surface area contributed by atoms with Crippen LogP contribution in [0, 0.1) is 22.7 Å². The Hall–Kier alpha value is -3.61. The van der Waals surface area contributed by atoms with Crippen molar-refractivity contribution in [3.05, 3.63) is 46.1 Å². The Balaban J connectivity index is 1.02. The van der Waals surface area contributed by atoms with Gasteiger partial charge in [0.05, 0.1) is 85.7 Å². The van der Waals surface area contributed by atoms with E-state index in [0.717, 1.165) is 71.6 Å². The molecule has 1 saturated heterocycles. The van der Waals surface area contributed by atoms with Gasteiger partial charge in [-0.05, 0) is 56.2 Å². The highest BCUT2D eigenvalue weighted by Gasteiger charge is 2.30. The molecule has 1 fully saturated rings. The predicted octanol–water partition coefficient (Wildman–Crippen LogP) is 9.09. The highest BCUT2D eigenvalue weighted by atomic mass is 35.5. The third-order valence-corrected chi connectivity index (χ3v) is 11.4. The number of unbranched alkanes of at least 4 members (excludes halogenated alkanes) is 4. The number of aromatic nitrogens is 1. The number of benzene rings is 2. The Bertz CT molecular complexity index is 1810. The number of hydrogen-bond donors (Lipinski definition) is 2. The fraction of sp³-hybridized carbons (Fsp3) is 0.622. The maximum absolute atomic E-state index is 11.5. The summed E-state index contributed by atoms with van der Waals surface area (Å²) in [5, 5.41) is 24.0. The Morgan fingerprint density at radius 3 is 1.98 bits per heavy atom. The lowest BCUT2D eigenvalue weighted by Gasteiger charge is -2.34. The number of ether oxygens (including phenoxy) is 6. The summed E-state index contributed by atoms with van der Waals surface area (Å²) in [6, 6.07) is 9.16. The molecule has 2 N–H and O–H groups in total. The number of rotatable bonds is 28. The van der Waals surface area contributed by atoms with Gasteiger partial charge in [-0.2, -0.15) is 5.26 Å². The Morgan fingerprint density at radius 1 is 0.783 bits per heavy atom. The monoisotopic (exact) mass is 873 g/mol. The van der Waals surface area contributed by atoms with Crippen LogP contribution >= 0.6 is 23.2 Å². The van der Waals surface area contributed by atoms with Crippen LogP contribution in [0.4, 0.5) is 11.4 Å². The minimum absolute atomic E-state index is 0.229. The molecule has 1 aliphatic heterocycles. The molecule has 0 bridgehead atoms. The SMILES string of the molecule is COc1cc(Nc2c(C#N)cnc3cc(OCCCN4CCN(CCCCCCOCCOCCOCCCCC(C(=O)O)C(C)(C)C)CC4)c(OC)cc23)c(Cl)cc1Cl. The maximum atomic E-state index is 11.5. The van der Waals surface area contributed by atoms with E-state index in [0.29, 0.717) is 101 Å². The number of piperazine rings is 1. The number of pyridine rings is 1. The third kappa shape index (κ3) is 16.0. The molecule has 0 radical (unpaired) electrons. The number of carboxylic acids is 1. The minimum atomic E-state index is -0.716. The number of anilines is 2. The van der Waals surface area contributed by atoms with E-state index in [9.17, 15) is 15.2 Å². The number of nitrogens with zero attached hydrogens (tertiary/aromatic N) is 4. The first kappa shape index (κ1) is 49.0. The van der Waals surface area contributed by atoms with Gasteiger partial charge in [0.25, 0.3) is 0 Å². The summed E-state index contributed by atoms with van der Waals surface area (Å²) in [5.41, 5.74) is 1.83. The second-order valence-electron chi connectivity index (χ2n) is 16.2. The van der Waals surface area contributed by atoms with Gasteiger partial charge in [-0.25, -0.2) is 0 Å². The molecule has 60 heavy (non-hydrogen) atoms. The zero-order chi connectivity index (χ0) is 43.3. The third-order valence-electron chi connectivity index (χ3n) is 10.7. The van der Waals surface area contributed by atoms with Crippen molar-refractivity contribution in [1.29, 1.82) is 5.26 Å². The summed E-state index contributed by atoms with van der Waals surface area (Å²) in [6.07, 6.45) is 9.43. The van der Waals surface area contributed by atoms with E-state index in [1.807, 2.05) is 32.9 Å². The van der Waals surface area contributed by atoms with E-state index in [2.05, 4.69) is 26.2 Å². The molecule has 1 unspecified atom stereocenters. The number of aliphatic carboxylic acids is 1. The molecule has 4 rings (SSSR count). The van der Waals surface area contributed by atoms with E-state index in [1.165, 1.54) is 32.6 Å². The summed E-state index contributed by atoms with van der Waals surface area (Å²) < 4.78 is 34.3. The van der Waals surface area contributed by atoms with Gasteiger partial charge in [0.2, 0.25) is 0 Å². The molecule has 2 heterocycles. The van der Waals surface area contributed by atoms with Gasteiger partial charge in [-0.15, -0.1) is 0 Å². The topological polar surface area (TPSA) is 148 Å². The number of fused-ring (bicyclic) bond motifs is 1. The molecule has 0 amide bonds. The maximum Gasteiger partial charge on any atom is 0.307 e. The average Bonchev–Trinajstić information content (AvgIpc) is 3.22. The number of methoxy groups -OCH3 is 2. The minimum Gasteiger partial charge on any atom is -0.495 e. The van der Waals surface area contributed by atoms with Crippen LogP contribution < -0.4 is 19.5 Å². The van der Waals surface area contributed by atoms with Crippen molar-refractivity contribution in [1.82, 2.24) is 14.8 Å². The van der Waals surface area contributed by atoms with Crippen molar-refractivity contribution < 1.29 is 38.3 Å². The lowest BCUT2D eigenvalue weighted by atomic mass is 9.78. The number of nitriles is 1. The highest BCUT2D eigenvalue weighted by Crippen LogP contribution is 2.40. The zero-order valence-corrected chi connectivity index (χ0v) is 37.7. The molecule has 15 heteroatoms. The van der Waals surface area contributed by atoms with Crippen LogP contribution in [-0.2, 0) is 19.0 Å². The van der Waals surface area contributed by atoms with Gasteiger partial charge >= 0.3 is 5.97 Å². The van der Waals surface area contributed by atoms with Crippen molar-refractivity contribution >= 4 is 51.4 Å². The largest absolute Gasteiger partial charge is 0.495 e. The molecular weight excluding hydrogens is 809 g/mol. The molecule has 332 valence electrons. The van der Waals surface area contributed by atoms with Gasteiger partial charge in [0, 0.05) is 69.7 Å². The standard InChI is InChI=1S/C45H65Cl2N5O8/c1-45(2,3)35(44(53)54)13-8-11-21-58-24-26-59-25-23-57-20-10-7-6-9-14-51-16-18-52(19-17-51)15-12-22-60-42-29-38-34(27-41(42)56-5)43(33(31-48)32-49-38)50-39-30-40(55-4)37(47)28-36(39)46/h27-30,32,35H,6-26H2,1-5H3,(H,49,50)(H,53,54). The number of halogens is 2. The van der Waals surface area contributed by atoms with Crippen LogP contribution in [0.1, 0.15) is 77.7 Å². The first-order valence-electron chi connectivity index (χ1n) is 21.2. The van der Waals surface area contributed by atoms with Crippen LogP contribution in [0.25, 0.3) is 10.9 Å². The molecule has 3 aromatic rings. The van der Waals surface area contributed by atoms with E-state index in [-0.39, 0.29) is 11.3 Å². The van der Waals surface area contributed by atoms with Crippen molar-refractivity contribution in [3.63, 3.8) is 0 Å². The van der Waals surface area contributed by atoms with Crippen LogP contribution in [0.2, 0.25) is 10.0 Å². The average molecular weight is 875 g/mol. The second-order valence-corrected chi connectivity index (χ2v) is 17.0. The first-order valence-corrected chi connectivity index (χ1v) is 21.9. The normalized spacial score (nSPS) is 14.2. The van der Waals surface area contributed by atoms with E-state index < -0.39 is 5.97 Å². The molecule has 2 aromatic carbocycles. The fourth-order valence-corrected chi connectivity index (χ4v) is 7.74. The molecular formula is C45H65Cl2N5O8. The highest BCUT2D eigenvalue weighted by molar-refractivity contribution is 6.37. The summed E-state index contributed by atoms with van der Waals surface area (Å²) >= 11 is 12.7. The summed E-state index contributed by atoms with van der Waals surface area (Å²) in [4.78, 5) is 21.1. The molecule has 0 saturated carbocycles. The summed E-state index contributed by atoms with van der Waals surface area (Å²) in [7, 11) is 3.12. The molecule has 0 spiro atoms. The Labute approximate surface area is 366 Å². The van der Waals surface area contributed by atoms with E-state index >= 15 is 0 Å². The number of hydrogen-bond acceptors (Lipinski definition) is 12. The fourth-order valence-electron chi connectivity index (χ4n) is 7.23. The van der Waals surface area contributed by atoms with Gasteiger partial charge in [-0.1, -0.05) is 63.2 Å². The zero-order valence-electron chi connectivity index (χ0n) is 36.2. The van der Waals surface area contributed by atoms with Crippen molar-refractivity contribution in [2.45, 2.75) is 72.1 Å². The van der Waals surface area contributed by atoms with Crippen LogP contribution in [0.3, 0.4) is 0 Å². The van der Waals surface area contributed by atoms with Crippen LogP contribution in [-0.4, -0.2) is 126 Å². The van der Waals surface area contributed by atoms with Gasteiger partial charge in [0.15, 0.2) is 11.5 Å². The van der Waals surface area contributed by atoms with Crippen LogP contribution in [0.5, 0.6) is 17.2 Å². The number of carboxylic acid groups (broad SMARTS) is 1. The van der Waals surface area contributed by atoms with Gasteiger partial charge in [-0.3, -0.25) is 9.78 Å². The van der Waals surface area contributed by atoms with Crippen molar-refractivity contribution in [2.75, 3.05) is 105 Å². The predicted molar refractivity (Wildman–Crippen MR) is 238 cm³/mol. The summed E-state index contributed by atoms with van der Waals surface area (Å²) in [6.45, 7) is 16.5. The second kappa shape index (κ2) is 26.0. The molecule has 0 aliphatic carbocycles. The molecule has 13 nitrogen and oxygen atoms in total. The van der Waals surface area contributed by atoms with Crippen LogP contribution in [0.15, 0.2) is 30.5 Å². The van der Waals surface area contributed by atoms with Gasteiger partial charge < -0.3 is 48.6 Å². The van der Waals surface area contributed by atoms with Crippen molar-refractivity contribution in [2.24, 2.45) is 11.3 Å². The smallest absolute Gasteiger partial charge is 0.307 e. The first-order chi connectivity index (χ1) is 28.9. The number of carbonyl (C=O) groups is 1. The lowest BCUT2D eigenvalue weighted by molar-refractivity contribution is -0.145. The lowest BCUT2D eigenvalue weighted by Crippen LogP contribution is -2.46. The molecule has 1 atom stereocenters. The van der Waals surface area contributed by atoms with E-state index in [1.54, 1.807) is 19.2 Å². The van der Waals surface area contributed by atoms with E-state index in [4.69, 9.17) is 51.6 Å². The Kier molecular flexibility index (Phi) is 21.3. The van der Waals surface area contributed by atoms with Gasteiger partial charge in [0.1, 0.15) is 11.8 Å². The summed E-state index contributed by atoms with van der Waals surface area (Å²) in [5.74, 6) is 0.550. The van der Waals surface area contributed by atoms with Crippen molar-refractivity contribution in [3.8, 4) is 23.3 Å². The molecule has 1 aliphatic rings.